The summed E-state index contributed by atoms with van der Waals surface area (Å²) >= 11 is 0. The van der Waals surface area contributed by atoms with Gasteiger partial charge in [0.2, 0.25) is 11.8 Å². The molecule has 4 aliphatic rings. The van der Waals surface area contributed by atoms with Crippen molar-refractivity contribution in [1.29, 1.82) is 0 Å². The maximum atomic E-state index is 14.7. The van der Waals surface area contributed by atoms with Crippen LogP contribution in [-0.2, 0) is 20.7 Å². The molecule has 2 aromatic rings. The molecule has 1 aromatic heterocycles. The third-order valence-corrected chi connectivity index (χ3v) is 11.7. The van der Waals surface area contributed by atoms with Gasteiger partial charge < -0.3 is 24.4 Å². The van der Waals surface area contributed by atoms with Gasteiger partial charge in [0, 0.05) is 12.0 Å². The number of carbonyl (C=O) groups excluding carboxylic acids is 3. The topological polar surface area (TPSA) is 120 Å². The number of ketones is 1. The molecule has 3 heterocycles. The van der Waals surface area contributed by atoms with Gasteiger partial charge >= 0.3 is 6.09 Å². The van der Waals surface area contributed by atoms with Gasteiger partial charge in [-0.2, -0.15) is 0 Å². The summed E-state index contributed by atoms with van der Waals surface area (Å²) in [5.74, 6) is 0.757. The van der Waals surface area contributed by atoms with Crippen molar-refractivity contribution in [3.05, 3.63) is 23.9 Å². The second kappa shape index (κ2) is 13.6. The van der Waals surface area contributed by atoms with Crippen molar-refractivity contribution >= 4 is 28.8 Å². The Morgan fingerprint density at radius 1 is 0.979 bits per heavy atom. The molecule has 6 atom stereocenters. The quantitative estimate of drug-likeness (QED) is 0.397. The van der Waals surface area contributed by atoms with E-state index in [4.69, 9.17) is 24.2 Å². The predicted molar refractivity (Wildman–Crippen MR) is 178 cm³/mol. The minimum atomic E-state index is -0.811. The molecule has 47 heavy (non-hydrogen) atoms. The smallest absolute Gasteiger partial charge is 0.408 e. The fourth-order valence-corrected chi connectivity index (χ4v) is 8.86. The van der Waals surface area contributed by atoms with E-state index in [-0.39, 0.29) is 30.1 Å². The predicted octanol–water partition coefficient (Wildman–Crippen LogP) is 6.56. The number of benzene rings is 1. The van der Waals surface area contributed by atoms with E-state index in [1.165, 1.54) is 6.92 Å². The molecular formula is C37H52N4O6. The normalized spacial score (nSPS) is 31.9. The van der Waals surface area contributed by atoms with Crippen LogP contribution in [0.3, 0.4) is 0 Å². The second-order valence-corrected chi connectivity index (χ2v) is 15.1. The third kappa shape index (κ3) is 6.79. The van der Waals surface area contributed by atoms with Crippen molar-refractivity contribution in [2.75, 3.05) is 13.7 Å². The Morgan fingerprint density at radius 2 is 1.72 bits per heavy atom. The lowest BCUT2D eigenvalue weighted by atomic mass is 9.70. The van der Waals surface area contributed by atoms with Crippen LogP contribution < -0.4 is 14.8 Å². The van der Waals surface area contributed by atoms with Crippen LogP contribution >= 0.6 is 0 Å². The number of carbonyl (C=O) groups is 3. The summed E-state index contributed by atoms with van der Waals surface area (Å²) in [6, 6.07) is 4.15. The Hall–Kier alpha value is -3.43. The van der Waals surface area contributed by atoms with Crippen LogP contribution in [0.1, 0.15) is 110 Å². The van der Waals surface area contributed by atoms with E-state index in [2.05, 4.69) is 19.2 Å². The molecule has 0 spiro atoms. The van der Waals surface area contributed by atoms with Gasteiger partial charge in [0.05, 0.1) is 30.7 Å². The molecule has 1 aromatic carbocycles. The second-order valence-electron chi connectivity index (χ2n) is 15.1. The van der Waals surface area contributed by atoms with Crippen molar-refractivity contribution in [3.8, 4) is 11.6 Å². The standard InChI is InChI=1S/C37H52N4O6/c1-23-30-22-41(31(23)24(2)42)34(43)32(36(3)18-10-7-11-19-36)40-35(44)47-37(4)20-12-14-25(37)13-8-6-9-15-28-33(46-30)39-29-21-26(45-5)16-17-27(29)38-28/h16-17,21,23,25,30-32H,6-15,18-20,22H2,1-5H3,(H,40,44)/t23-,25?,30+,31+,32-,37-/m1/s1. The highest BCUT2D eigenvalue weighted by Crippen LogP contribution is 2.44. The van der Waals surface area contributed by atoms with Crippen LogP contribution in [-0.4, -0.2) is 70.1 Å². The van der Waals surface area contributed by atoms with Crippen LogP contribution in [0.5, 0.6) is 11.6 Å². The number of nitrogens with one attached hydrogen (secondary N) is 1. The first kappa shape index (κ1) is 33.5. The van der Waals surface area contributed by atoms with E-state index in [0.29, 0.717) is 23.6 Å². The molecule has 2 aliphatic heterocycles. The average molecular weight is 649 g/mol. The summed E-state index contributed by atoms with van der Waals surface area (Å²) < 4.78 is 18.4. The SMILES string of the molecule is COc1ccc2nc3c(nc2c1)O[C@H]1CN(C(=O)[C@H](C2(C)CCCCC2)NC(=O)O[C@]2(C)CCCC2CCCCC3)[C@H](C(C)=O)[C@@H]1C. The maximum absolute atomic E-state index is 14.7. The number of rotatable bonds is 3. The first-order valence-electron chi connectivity index (χ1n) is 17.8. The number of nitrogens with zero attached hydrogens (tertiary/aromatic N) is 3. The molecular weight excluding hydrogens is 596 g/mol. The van der Waals surface area contributed by atoms with E-state index < -0.39 is 35.3 Å². The van der Waals surface area contributed by atoms with E-state index >= 15 is 0 Å². The molecule has 1 saturated heterocycles. The Morgan fingerprint density at radius 3 is 2.47 bits per heavy atom. The zero-order valence-electron chi connectivity index (χ0n) is 28.8. The number of hydrogen-bond acceptors (Lipinski definition) is 8. The lowest BCUT2D eigenvalue weighted by Gasteiger charge is -2.42. The summed E-state index contributed by atoms with van der Waals surface area (Å²) in [4.78, 5) is 53.2. The minimum Gasteiger partial charge on any atom is -0.497 e. The van der Waals surface area contributed by atoms with E-state index in [1.54, 1.807) is 12.0 Å². The van der Waals surface area contributed by atoms with Crippen LogP contribution in [0.15, 0.2) is 18.2 Å². The zero-order chi connectivity index (χ0) is 33.3. The molecule has 0 radical (unpaired) electrons. The van der Waals surface area contributed by atoms with Crippen molar-refractivity contribution in [2.24, 2.45) is 17.3 Å². The van der Waals surface area contributed by atoms with Crippen LogP contribution in [0.25, 0.3) is 11.0 Å². The Kier molecular flexibility index (Phi) is 9.68. The van der Waals surface area contributed by atoms with Crippen molar-refractivity contribution in [2.45, 2.75) is 135 Å². The summed E-state index contributed by atoms with van der Waals surface area (Å²) in [5, 5.41) is 3.08. The molecule has 10 nitrogen and oxygen atoms in total. The largest absolute Gasteiger partial charge is 0.497 e. The number of fused-ring (bicyclic) bond motifs is 5. The first-order chi connectivity index (χ1) is 22.5. The Bertz CT molecular complexity index is 1490. The lowest BCUT2D eigenvalue weighted by molar-refractivity contribution is -0.142. The zero-order valence-corrected chi connectivity index (χ0v) is 28.8. The lowest BCUT2D eigenvalue weighted by Crippen LogP contribution is -2.59. The molecule has 3 fully saturated rings. The molecule has 10 heteroatoms. The average Bonchev–Trinajstić information content (AvgIpc) is 3.57. The van der Waals surface area contributed by atoms with Crippen molar-refractivity contribution < 1.29 is 28.6 Å². The van der Waals surface area contributed by atoms with Crippen LogP contribution in [0.4, 0.5) is 4.79 Å². The highest BCUT2D eigenvalue weighted by molar-refractivity contribution is 5.92. The number of hydrogen-bond donors (Lipinski definition) is 1. The fraction of sp³-hybridized carbons (Fsp3) is 0.703. The summed E-state index contributed by atoms with van der Waals surface area (Å²) in [6.45, 7) is 7.87. The molecule has 2 aliphatic carbocycles. The molecule has 2 amide bonds. The minimum absolute atomic E-state index is 0.103. The van der Waals surface area contributed by atoms with Crippen LogP contribution in [0, 0.1) is 17.3 Å². The number of Topliss-reactive ketones (excluding diaryl/α,β-unsaturated/α-hetero) is 1. The van der Waals surface area contributed by atoms with Gasteiger partial charge in [-0.1, -0.05) is 46.0 Å². The van der Waals surface area contributed by atoms with Gasteiger partial charge in [-0.15, -0.1) is 0 Å². The molecule has 256 valence electrons. The maximum Gasteiger partial charge on any atom is 0.408 e. The number of alkyl carbamates (subject to hydrolysis) is 1. The number of aryl methyl sites for hydroxylation is 1. The number of methoxy groups -OCH3 is 1. The third-order valence-electron chi connectivity index (χ3n) is 11.7. The molecule has 6 rings (SSSR count). The molecule has 1 unspecified atom stereocenters. The fourth-order valence-electron chi connectivity index (χ4n) is 8.86. The van der Waals surface area contributed by atoms with E-state index in [0.717, 1.165) is 88.3 Å². The summed E-state index contributed by atoms with van der Waals surface area (Å²) in [5.41, 5.74) is 1.20. The Balaban J connectivity index is 1.39. The Labute approximate surface area is 278 Å². The monoisotopic (exact) mass is 648 g/mol. The number of ether oxygens (including phenoxy) is 3. The van der Waals surface area contributed by atoms with Gasteiger partial charge in [-0.05, 0) is 88.7 Å². The van der Waals surface area contributed by atoms with Gasteiger partial charge in [0.25, 0.3) is 0 Å². The van der Waals surface area contributed by atoms with Crippen LogP contribution in [0.2, 0.25) is 0 Å². The highest BCUT2D eigenvalue weighted by Gasteiger charge is 2.51. The van der Waals surface area contributed by atoms with Crippen molar-refractivity contribution in [3.63, 3.8) is 0 Å². The van der Waals surface area contributed by atoms with Gasteiger partial charge in [0.1, 0.15) is 29.2 Å². The van der Waals surface area contributed by atoms with Gasteiger partial charge in [-0.25, -0.2) is 14.8 Å². The molecule has 2 saturated carbocycles. The van der Waals surface area contributed by atoms with Gasteiger partial charge in [0.15, 0.2) is 5.78 Å². The van der Waals surface area contributed by atoms with E-state index in [9.17, 15) is 14.4 Å². The first-order valence-corrected chi connectivity index (χ1v) is 17.8. The number of amides is 2. The highest BCUT2D eigenvalue weighted by atomic mass is 16.6. The number of aromatic nitrogens is 2. The van der Waals surface area contributed by atoms with Gasteiger partial charge in [-0.3, -0.25) is 9.59 Å². The summed E-state index contributed by atoms with van der Waals surface area (Å²) in [6.07, 6.45) is 11.2. The van der Waals surface area contributed by atoms with E-state index in [1.807, 2.05) is 25.1 Å². The molecule has 2 bridgehead atoms. The summed E-state index contributed by atoms with van der Waals surface area (Å²) in [7, 11) is 1.62. The van der Waals surface area contributed by atoms with Crippen molar-refractivity contribution in [1.82, 2.24) is 20.2 Å². The molecule has 1 N–H and O–H groups in total.